The topological polar surface area (TPSA) is 75.7 Å². The fourth-order valence-corrected chi connectivity index (χ4v) is 5.72. The molecule has 1 saturated carbocycles. The van der Waals surface area contributed by atoms with E-state index in [0.717, 1.165) is 16.3 Å². The van der Waals surface area contributed by atoms with Crippen LogP contribution in [0.5, 0.6) is 5.75 Å². The molecule has 0 bridgehead atoms. The molecule has 1 amide bonds. The fourth-order valence-electron chi connectivity index (χ4n) is 3.34. The number of benzene rings is 1. The van der Waals surface area contributed by atoms with E-state index in [1.54, 1.807) is 31.2 Å². The van der Waals surface area contributed by atoms with Crippen molar-refractivity contribution in [3.8, 4) is 5.75 Å². The molecule has 152 valence electrons. The summed E-state index contributed by atoms with van der Waals surface area (Å²) in [6, 6.07) is 5.87. The number of nitrogens with zero attached hydrogens (tertiary/aromatic N) is 1. The Kier molecular flexibility index (Phi) is 8.28. The van der Waals surface area contributed by atoms with Crippen LogP contribution >= 0.6 is 11.8 Å². The van der Waals surface area contributed by atoms with Crippen molar-refractivity contribution in [3.63, 3.8) is 0 Å². The highest BCUT2D eigenvalue weighted by molar-refractivity contribution is 7.99. The Balaban J connectivity index is 1.95. The molecule has 1 N–H and O–H groups in total. The Bertz CT molecular complexity index is 718. The molecule has 2 rings (SSSR count). The summed E-state index contributed by atoms with van der Waals surface area (Å²) in [5, 5.41) is 3.57. The number of anilines is 1. The highest BCUT2D eigenvalue weighted by Crippen LogP contribution is 2.28. The van der Waals surface area contributed by atoms with Gasteiger partial charge >= 0.3 is 0 Å². The van der Waals surface area contributed by atoms with Gasteiger partial charge in [-0.3, -0.25) is 9.10 Å². The number of carbonyl (C=O) groups excluding carboxylic acids is 1. The van der Waals surface area contributed by atoms with Crippen molar-refractivity contribution in [3.05, 3.63) is 24.3 Å². The maximum Gasteiger partial charge on any atom is 0.243 e. The molecule has 0 saturated heterocycles. The van der Waals surface area contributed by atoms with Gasteiger partial charge in [0.1, 0.15) is 11.8 Å². The van der Waals surface area contributed by atoms with E-state index in [0.29, 0.717) is 23.2 Å². The summed E-state index contributed by atoms with van der Waals surface area (Å²) in [6.45, 7) is 2.14. The quantitative estimate of drug-likeness (QED) is 0.629. The molecule has 0 unspecified atom stereocenters. The Labute approximate surface area is 167 Å². The van der Waals surface area contributed by atoms with Crippen molar-refractivity contribution in [1.82, 2.24) is 5.32 Å². The molecular weight excluding hydrogens is 384 g/mol. The third-order valence-corrected chi connectivity index (χ3v) is 7.33. The monoisotopic (exact) mass is 414 g/mol. The van der Waals surface area contributed by atoms with E-state index in [2.05, 4.69) is 5.32 Å². The summed E-state index contributed by atoms with van der Waals surface area (Å²) < 4.78 is 30.9. The smallest absolute Gasteiger partial charge is 0.243 e. The molecule has 1 aromatic rings. The highest BCUT2D eigenvalue weighted by atomic mass is 32.2. The molecule has 1 atom stereocenters. The zero-order valence-corrected chi connectivity index (χ0v) is 17.9. The van der Waals surface area contributed by atoms with Crippen molar-refractivity contribution in [1.29, 1.82) is 0 Å². The number of nitrogens with one attached hydrogen (secondary N) is 1. The van der Waals surface area contributed by atoms with Crippen LogP contribution < -0.4 is 14.4 Å². The first-order valence-electron chi connectivity index (χ1n) is 9.35. The van der Waals surface area contributed by atoms with Crippen molar-refractivity contribution in [2.24, 2.45) is 0 Å². The Morgan fingerprint density at radius 2 is 2.04 bits per heavy atom. The van der Waals surface area contributed by atoms with Crippen LogP contribution in [0.15, 0.2) is 24.3 Å². The summed E-state index contributed by atoms with van der Waals surface area (Å²) in [4.78, 5) is 12.6. The average molecular weight is 415 g/mol. The summed E-state index contributed by atoms with van der Waals surface area (Å²) in [5.41, 5.74) is 0.413. The number of thioether (sulfide) groups is 1. The maximum atomic E-state index is 12.6. The van der Waals surface area contributed by atoms with Crippen LogP contribution in [0.3, 0.4) is 0 Å². The first-order chi connectivity index (χ1) is 12.8. The predicted octanol–water partition coefficient (Wildman–Crippen LogP) is 3.03. The van der Waals surface area contributed by atoms with E-state index >= 15 is 0 Å². The van der Waals surface area contributed by atoms with Gasteiger partial charge in [-0.05, 0) is 31.9 Å². The van der Waals surface area contributed by atoms with E-state index in [-0.39, 0.29) is 5.91 Å². The first-order valence-corrected chi connectivity index (χ1v) is 12.3. The summed E-state index contributed by atoms with van der Waals surface area (Å²) in [6.07, 6.45) is 7.54. The van der Waals surface area contributed by atoms with E-state index in [4.69, 9.17) is 4.74 Å². The van der Waals surface area contributed by atoms with E-state index in [1.165, 1.54) is 39.2 Å². The van der Waals surface area contributed by atoms with Gasteiger partial charge in [-0.25, -0.2) is 8.42 Å². The fraction of sp³-hybridized carbons (Fsp3) is 0.632. The second-order valence-electron chi connectivity index (χ2n) is 6.86. The second-order valence-corrected chi connectivity index (χ2v) is 10.1. The molecule has 0 aromatic heterocycles. The van der Waals surface area contributed by atoms with Crippen LogP contribution in [0.1, 0.15) is 39.0 Å². The number of hydrogen-bond acceptors (Lipinski definition) is 5. The van der Waals surface area contributed by atoms with Gasteiger partial charge in [0.05, 0.1) is 19.1 Å². The van der Waals surface area contributed by atoms with Crippen molar-refractivity contribution >= 4 is 33.4 Å². The van der Waals surface area contributed by atoms with Crippen LogP contribution in [0.2, 0.25) is 0 Å². The van der Waals surface area contributed by atoms with Gasteiger partial charge in [0.2, 0.25) is 15.9 Å². The largest absolute Gasteiger partial charge is 0.497 e. The van der Waals surface area contributed by atoms with Crippen LogP contribution in [0.4, 0.5) is 5.69 Å². The lowest BCUT2D eigenvalue weighted by Crippen LogP contribution is -2.48. The second kappa shape index (κ2) is 10.2. The average Bonchev–Trinajstić information content (AvgIpc) is 2.65. The van der Waals surface area contributed by atoms with Crippen LogP contribution in [-0.2, 0) is 14.8 Å². The number of hydrogen-bond donors (Lipinski definition) is 1. The Morgan fingerprint density at radius 3 is 2.67 bits per heavy atom. The van der Waals surface area contributed by atoms with E-state index in [9.17, 15) is 13.2 Å². The highest BCUT2D eigenvalue weighted by Gasteiger charge is 2.29. The van der Waals surface area contributed by atoms with Gasteiger partial charge in [0, 0.05) is 23.6 Å². The van der Waals surface area contributed by atoms with Crippen LogP contribution in [0.25, 0.3) is 0 Å². The summed E-state index contributed by atoms with van der Waals surface area (Å²) in [5.74, 6) is 1.09. The maximum absolute atomic E-state index is 12.6. The molecule has 0 radical (unpaired) electrons. The number of carbonyl (C=O) groups is 1. The lowest BCUT2D eigenvalue weighted by atomic mass is 10.0. The van der Waals surface area contributed by atoms with Gasteiger partial charge in [-0.2, -0.15) is 11.8 Å². The summed E-state index contributed by atoms with van der Waals surface area (Å²) in [7, 11) is -2.11. The number of rotatable bonds is 9. The van der Waals surface area contributed by atoms with Crippen molar-refractivity contribution in [2.75, 3.05) is 30.0 Å². The van der Waals surface area contributed by atoms with Gasteiger partial charge in [0.15, 0.2) is 0 Å². The first kappa shape index (κ1) is 21.9. The molecule has 0 aliphatic heterocycles. The van der Waals surface area contributed by atoms with Gasteiger partial charge in [-0.15, -0.1) is 0 Å². The number of sulfonamides is 1. The number of amides is 1. The molecule has 27 heavy (non-hydrogen) atoms. The molecule has 0 heterocycles. The van der Waals surface area contributed by atoms with Gasteiger partial charge in [0.25, 0.3) is 0 Å². The van der Waals surface area contributed by atoms with Crippen LogP contribution in [-0.4, -0.2) is 51.3 Å². The lowest BCUT2D eigenvalue weighted by Gasteiger charge is -2.28. The van der Waals surface area contributed by atoms with Gasteiger partial charge < -0.3 is 10.1 Å². The molecule has 6 nitrogen and oxygen atoms in total. The minimum atomic E-state index is -3.62. The molecule has 1 aromatic carbocycles. The Morgan fingerprint density at radius 1 is 1.33 bits per heavy atom. The molecular formula is C19H30N2O4S2. The molecule has 8 heteroatoms. The number of ether oxygens (including phenoxy) is 1. The zero-order valence-electron chi connectivity index (χ0n) is 16.3. The molecule has 1 aliphatic carbocycles. The molecule has 1 fully saturated rings. The predicted molar refractivity (Wildman–Crippen MR) is 112 cm³/mol. The summed E-state index contributed by atoms with van der Waals surface area (Å²) >= 11 is 1.90. The standard InChI is InChI=1S/C19H30N2O4S2/c1-15(19(22)20-12-13-26-18-10-5-4-6-11-18)21(27(3,23)24)16-8-7-9-17(14-16)25-2/h7-9,14-15,18H,4-6,10-13H2,1-3H3,(H,20,22)/t15-/m1/s1. The third-order valence-electron chi connectivity index (χ3n) is 4.70. The molecule has 1 aliphatic rings. The third kappa shape index (κ3) is 6.60. The normalized spacial score (nSPS) is 16.6. The number of methoxy groups -OCH3 is 1. The minimum Gasteiger partial charge on any atom is -0.497 e. The van der Waals surface area contributed by atoms with E-state index in [1.807, 2.05) is 11.8 Å². The SMILES string of the molecule is COc1cccc(N([C@H](C)C(=O)NCCSC2CCCCC2)S(C)(=O)=O)c1. The minimum absolute atomic E-state index is 0.299. The van der Waals surface area contributed by atoms with Crippen molar-refractivity contribution < 1.29 is 17.9 Å². The zero-order chi connectivity index (χ0) is 19.9. The van der Waals surface area contributed by atoms with Crippen molar-refractivity contribution in [2.45, 2.75) is 50.3 Å². The van der Waals surface area contributed by atoms with Crippen LogP contribution in [0, 0.1) is 0 Å². The molecule has 0 spiro atoms. The van der Waals surface area contributed by atoms with E-state index < -0.39 is 16.1 Å². The Hall–Kier alpha value is -1.41. The lowest BCUT2D eigenvalue weighted by molar-refractivity contribution is -0.121. The van der Waals surface area contributed by atoms with Gasteiger partial charge in [-0.1, -0.05) is 25.3 Å².